The zero-order chi connectivity index (χ0) is 18.4. The van der Waals surface area contributed by atoms with Gasteiger partial charge in [0.1, 0.15) is 5.25 Å². The van der Waals surface area contributed by atoms with Crippen LogP contribution in [0.2, 0.25) is 0 Å². The second-order valence-corrected chi connectivity index (χ2v) is 8.77. The van der Waals surface area contributed by atoms with Crippen molar-refractivity contribution < 1.29 is 13.2 Å². The number of amides is 1. The molecule has 0 bridgehead atoms. The van der Waals surface area contributed by atoms with Crippen molar-refractivity contribution in [1.29, 1.82) is 0 Å². The zero-order valence-electron chi connectivity index (χ0n) is 15.0. The Morgan fingerprint density at radius 3 is 2.36 bits per heavy atom. The summed E-state index contributed by atoms with van der Waals surface area (Å²) in [7, 11) is -2.10. The Morgan fingerprint density at radius 1 is 1.16 bits per heavy atom. The fourth-order valence-corrected chi connectivity index (χ4v) is 4.98. The lowest BCUT2D eigenvalue weighted by atomic mass is 10.1. The third kappa shape index (κ3) is 5.24. The van der Waals surface area contributed by atoms with Gasteiger partial charge >= 0.3 is 0 Å². The van der Waals surface area contributed by atoms with E-state index in [9.17, 15) is 13.2 Å². The molecule has 1 heterocycles. The molecule has 7 nitrogen and oxygen atoms in total. The molecule has 0 radical (unpaired) electrons. The molecule has 1 aliphatic rings. The van der Waals surface area contributed by atoms with Gasteiger partial charge in [0.25, 0.3) is 0 Å². The highest BCUT2D eigenvalue weighted by atomic mass is 32.2. The molecule has 2 unspecified atom stereocenters. The first-order chi connectivity index (χ1) is 11.8. The van der Waals surface area contributed by atoms with E-state index in [1.807, 2.05) is 44.2 Å². The van der Waals surface area contributed by atoms with Gasteiger partial charge in [-0.2, -0.15) is 4.31 Å². The summed E-state index contributed by atoms with van der Waals surface area (Å²) >= 11 is 0. The van der Waals surface area contributed by atoms with Crippen LogP contribution in [0, 0.1) is 0 Å². The number of nitrogens with one attached hydrogen (secondary N) is 3. The number of nitrogens with zero attached hydrogens (tertiary/aromatic N) is 1. The number of rotatable bonds is 8. The molecule has 25 heavy (non-hydrogen) atoms. The smallest absolute Gasteiger partial charge is 0.235 e. The number of hydrazine groups is 1. The van der Waals surface area contributed by atoms with Crippen LogP contribution >= 0.6 is 0 Å². The van der Waals surface area contributed by atoms with Gasteiger partial charge < -0.3 is 5.32 Å². The summed E-state index contributed by atoms with van der Waals surface area (Å²) in [5, 5.41) is 2.20. The van der Waals surface area contributed by atoms with Gasteiger partial charge in [0, 0.05) is 25.7 Å². The Balaban J connectivity index is 1.77. The summed E-state index contributed by atoms with van der Waals surface area (Å²) in [6, 6.07) is 9.62. The largest absolute Gasteiger partial charge is 0.355 e. The first kappa shape index (κ1) is 19.8. The molecule has 1 saturated heterocycles. The van der Waals surface area contributed by atoms with Crippen LogP contribution in [0.3, 0.4) is 0 Å². The van der Waals surface area contributed by atoms with Gasteiger partial charge in [-0.15, -0.1) is 0 Å². The van der Waals surface area contributed by atoms with E-state index in [1.165, 1.54) is 12.6 Å². The molecule has 1 fully saturated rings. The maximum absolute atomic E-state index is 12.7. The van der Waals surface area contributed by atoms with Crippen LogP contribution in [0.1, 0.15) is 25.8 Å². The Morgan fingerprint density at radius 2 is 1.76 bits per heavy atom. The number of sulfonamides is 1. The Labute approximate surface area is 150 Å². The average Bonchev–Trinajstić information content (AvgIpc) is 2.92. The van der Waals surface area contributed by atoms with E-state index in [0.29, 0.717) is 6.54 Å². The molecule has 0 aliphatic carbocycles. The highest BCUT2D eigenvalue weighted by Crippen LogP contribution is 2.18. The Kier molecular flexibility index (Phi) is 6.95. The van der Waals surface area contributed by atoms with Gasteiger partial charge in [0.2, 0.25) is 15.9 Å². The molecule has 2 rings (SSSR count). The number of aryl methyl sites for hydroxylation is 1. The molecule has 1 aromatic carbocycles. The normalized spacial score (nSPS) is 23.8. The second-order valence-electron chi connectivity index (χ2n) is 6.57. The van der Waals surface area contributed by atoms with Crippen LogP contribution in [-0.4, -0.2) is 56.1 Å². The summed E-state index contributed by atoms with van der Waals surface area (Å²) in [5.74, 6) is -0.279. The van der Waals surface area contributed by atoms with Crippen molar-refractivity contribution in [3.8, 4) is 0 Å². The molecule has 1 aliphatic heterocycles. The summed E-state index contributed by atoms with van der Waals surface area (Å²) in [4.78, 5) is 12.0. The fraction of sp³-hybridized carbons (Fsp3) is 0.588. The Hall–Kier alpha value is -1.48. The van der Waals surface area contributed by atoms with Crippen molar-refractivity contribution in [2.24, 2.45) is 0 Å². The van der Waals surface area contributed by atoms with Crippen LogP contribution in [0.25, 0.3) is 0 Å². The molecular formula is C17H28N4O3S. The van der Waals surface area contributed by atoms with Crippen molar-refractivity contribution in [2.75, 3.05) is 20.1 Å². The predicted molar refractivity (Wildman–Crippen MR) is 98.3 cm³/mol. The molecule has 0 saturated carbocycles. The van der Waals surface area contributed by atoms with Crippen LogP contribution in [-0.2, 0) is 21.2 Å². The third-order valence-electron chi connectivity index (χ3n) is 4.48. The van der Waals surface area contributed by atoms with E-state index >= 15 is 0 Å². The number of hydrogen-bond acceptors (Lipinski definition) is 5. The lowest BCUT2D eigenvalue weighted by Gasteiger charge is -2.25. The molecule has 140 valence electrons. The van der Waals surface area contributed by atoms with Crippen LogP contribution in [0.15, 0.2) is 30.3 Å². The van der Waals surface area contributed by atoms with E-state index in [2.05, 4.69) is 16.2 Å². The summed E-state index contributed by atoms with van der Waals surface area (Å²) in [6.07, 6.45) is 1.69. The number of carbonyl (C=O) groups is 1. The van der Waals surface area contributed by atoms with Crippen LogP contribution in [0.4, 0.5) is 0 Å². The molecule has 8 heteroatoms. The molecule has 1 amide bonds. The van der Waals surface area contributed by atoms with Gasteiger partial charge in [-0.25, -0.2) is 8.42 Å². The van der Waals surface area contributed by atoms with E-state index in [0.717, 1.165) is 17.1 Å². The maximum atomic E-state index is 12.7. The van der Waals surface area contributed by atoms with E-state index in [-0.39, 0.29) is 24.5 Å². The molecule has 3 N–H and O–H groups in total. The number of likely N-dealkylation sites (N-methyl/N-ethyl adjacent to an activating group) is 1. The topological polar surface area (TPSA) is 90.5 Å². The quantitative estimate of drug-likeness (QED) is 0.572. The van der Waals surface area contributed by atoms with Gasteiger partial charge in [-0.3, -0.25) is 15.6 Å². The summed E-state index contributed by atoms with van der Waals surface area (Å²) < 4.78 is 26.5. The number of carbonyl (C=O) groups excluding carboxylic acids is 1. The summed E-state index contributed by atoms with van der Waals surface area (Å²) in [5.41, 5.74) is 7.09. The van der Waals surface area contributed by atoms with Crippen LogP contribution in [0.5, 0.6) is 0 Å². The highest BCUT2D eigenvalue weighted by Gasteiger charge is 2.42. The monoisotopic (exact) mass is 368 g/mol. The van der Waals surface area contributed by atoms with Crippen molar-refractivity contribution in [2.45, 2.75) is 44.0 Å². The molecule has 1 aromatic rings. The summed E-state index contributed by atoms with van der Waals surface area (Å²) in [6.45, 7) is 4.00. The minimum atomic E-state index is -3.56. The van der Waals surface area contributed by atoms with Gasteiger partial charge in [0.05, 0.1) is 6.54 Å². The second kappa shape index (κ2) is 8.75. The number of benzene rings is 1. The van der Waals surface area contributed by atoms with Gasteiger partial charge in [-0.05, 0) is 32.3 Å². The molecular weight excluding hydrogens is 340 g/mol. The van der Waals surface area contributed by atoms with Crippen LogP contribution < -0.4 is 16.2 Å². The first-order valence-electron chi connectivity index (χ1n) is 8.59. The standard InChI is InChI=1S/C17H28N4O3S/c1-13-17(14(2)20-19-13)25(23,24)21(3)12-16(22)18-11-7-10-15-8-5-4-6-9-15/h4-6,8-9,13-14,17,19-20H,7,10-12H2,1-3H3,(H,18,22). The lowest BCUT2D eigenvalue weighted by Crippen LogP contribution is -2.48. The lowest BCUT2D eigenvalue weighted by molar-refractivity contribution is -0.121. The van der Waals surface area contributed by atoms with E-state index in [1.54, 1.807) is 0 Å². The molecule has 2 atom stereocenters. The van der Waals surface area contributed by atoms with E-state index < -0.39 is 15.3 Å². The van der Waals surface area contributed by atoms with Crippen molar-refractivity contribution >= 4 is 15.9 Å². The fourth-order valence-electron chi connectivity index (χ4n) is 3.10. The molecule has 0 aromatic heterocycles. The minimum absolute atomic E-state index is 0.163. The molecule has 0 spiro atoms. The van der Waals surface area contributed by atoms with Crippen molar-refractivity contribution in [1.82, 2.24) is 20.5 Å². The Bertz CT molecular complexity index is 656. The maximum Gasteiger partial charge on any atom is 0.235 e. The zero-order valence-corrected chi connectivity index (χ0v) is 15.8. The van der Waals surface area contributed by atoms with Crippen molar-refractivity contribution in [3.05, 3.63) is 35.9 Å². The highest BCUT2D eigenvalue weighted by molar-refractivity contribution is 7.89. The van der Waals surface area contributed by atoms with E-state index in [4.69, 9.17) is 0 Å². The minimum Gasteiger partial charge on any atom is -0.355 e. The SMILES string of the molecule is CC1NNC(C)C1S(=O)(=O)N(C)CC(=O)NCCCc1ccccc1. The van der Waals surface area contributed by atoms with Gasteiger partial charge in [0.15, 0.2) is 0 Å². The predicted octanol–water partition coefficient (Wildman–Crippen LogP) is 0.250. The number of hydrogen-bond donors (Lipinski definition) is 3. The first-order valence-corrected chi connectivity index (χ1v) is 10.1. The average molecular weight is 369 g/mol. The van der Waals surface area contributed by atoms with Crippen molar-refractivity contribution in [3.63, 3.8) is 0 Å². The third-order valence-corrected chi connectivity index (χ3v) is 6.98. The van der Waals surface area contributed by atoms with Gasteiger partial charge in [-0.1, -0.05) is 30.3 Å².